The van der Waals surface area contributed by atoms with E-state index in [1.807, 2.05) is 0 Å². The van der Waals surface area contributed by atoms with Crippen molar-refractivity contribution in [2.75, 3.05) is 5.75 Å². The summed E-state index contributed by atoms with van der Waals surface area (Å²) >= 11 is 0. The van der Waals surface area contributed by atoms with Crippen molar-refractivity contribution in [3.8, 4) is 0 Å². The maximum absolute atomic E-state index is 12.4. The summed E-state index contributed by atoms with van der Waals surface area (Å²) in [6.45, 7) is 8.55. The maximum atomic E-state index is 12.4. The Hall–Kier alpha value is -0.670. The van der Waals surface area contributed by atoms with Crippen LogP contribution in [0.15, 0.2) is 17.0 Å². The number of aryl methyl sites for hydroxylation is 2. The summed E-state index contributed by atoms with van der Waals surface area (Å²) < 4.78 is 12.4. The molecule has 1 heterocycles. The van der Waals surface area contributed by atoms with Crippen LogP contribution in [0.1, 0.15) is 49.4 Å². The summed E-state index contributed by atoms with van der Waals surface area (Å²) in [4.78, 5) is 1.08. The Balaban J connectivity index is 2.50. The summed E-state index contributed by atoms with van der Waals surface area (Å²) in [5.74, 6) is 0.799. The summed E-state index contributed by atoms with van der Waals surface area (Å²) in [6.07, 6.45) is 2.12. The van der Waals surface area contributed by atoms with E-state index in [1.54, 1.807) is 0 Å². The first-order chi connectivity index (χ1) is 8.49. The Morgan fingerprint density at radius 3 is 2.72 bits per heavy atom. The van der Waals surface area contributed by atoms with Gasteiger partial charge in [0.2, 0.25) is 0 Å². The van der Waals surface area contributed by atoms with E-state index < -0.39 is 10.8 Å². The van der Waals surface area contributed by atoms with Gasteiger partial charge < -0.3 is 5.32 Å². The first kappa shape index (κ1) is 13.8. The second kappa shape index (κ2) is 5.54. The smallest absolute Gasteiger partial charge is 0.0535 e. The molecule has 2 atom stereocenters. The Morgan fingerprint density at radius 2 is 2.06 bits per heavy atom. The molecule has 1 aromatic rings. The Labute approximate surface area is 113 Å². The molecule has 0 fully saturated rings. The second-order valence-corrected chi connectivity index (χ2v) is 7.07. The second-order valence-electron chi connectivity index (χ2n) is 5.57. The fourth-order valence-corrected chi connectivity index (χ4v) is 4.32. The van der Waals surface area contributed by atoms with Crippen molar-refractivity contribution < 1.29 is 4.21 Å². The molecular formula is C15H23NOS. The number of rotatable bonds is 2. The van der Waals surface area contributed by atoms with Gasteiger partial charge in [-0.1, -0.05) is 31.5 Å². The van der Waals surface area contributed by atoms with Crippen LogP contribution in [-0.4, -0.2) is 16.0 Å². The summed E-state index contributed by atoms with van der Waals surface area (Å²) in [5, 5.41) is 3.62. The summed E-state index contributed by atoms with van der Waals surface area (Å²) in [6, 6.07) is 5.17. The molecule has 100 valence electrons. The fraction of sp³-hybridized carbons (Fsp3) is 0.600. The highest BCUT2D eigenvalue weighted by Crippen LogP contribution is 2.32. The third-order valence-electron chi connectivity index (χ3n) is 3.41. The molecular weight excluding hydrogens is 242 g/mol. The van der Waals surface area contributed by atoms with Crippen LogP contribution in [0.25, 0.3) is 0 Å². The van der Waals surface area contributed by atoms with Crippen molar-refractivity contribution in [3.63, 3.8) is 0 Å². The molecule has 1 aromatic carbocycles. The van der Waals surface area contributed by atoms with Crippen molar-refractivity contribution in [1.82, 2.24) is 5.32 Å². The lowest BCUT2D eigenvalue weighted by Gasteiger charge is -2.22. The van der Waals surface area contributed by atoms with Gasteiger partial charge in [0.25, 0.3) is 0 Å². The highest BCUT2D eigenvalue weighted by Gasteiger charge is 2.24. The average Bonchev–Trinajstić information content (AvgIpc) is 2.38. The minimum Gasteiger partial charge on any atom is -0.308 e. The zero-order valence-corrected chi connectivity index (χ0v) is 12.6. The van der Waals surface area contributed by atoms with E-state index >= 15 is 0 Å². The van der Waals surface area contributed by atoms with Gasteiger partial charge >= 0.3 is 0 Å². The molecule has 18 heavy (non-hydrogen) atoms. The van der Waals surface area contributed by atoms with Crippen LogP contribution < -0.4 is 5.32 Å². The summed E-state index contributed by atoms with van der Waals surface area (Å²) in [5.41, 5.74) is 3.71. The van der Waals surface area contributed by atoms with Crippen molar-refractivity contribution >= 4 is 10.8 Å². The van der Waals surface area contributed by atoms with E-state index in [2.05, 4.69) is 45.1 Å². The zero-order chi connectivity index (χ0) is 13.3. The Kier molecular flexibility index (Phi) is 4.23. The topological polar surface area (TPSA) is 29.1 Å². The van der Waals surface area contributed by atoms with Crippen molar-refractivity contribution in [2.45, 2.75) is 57.5 Å². The molecule has 0 spiro atoms. The molecule has 2 unspecified atom stereocenters. The van der Waals surface area contributed by atoms with Crippen LogP contribution >= 0.6 is 0 Å². The number of hydrogen-bond donors (Lipinski definition) is 1. The van der Waals surface area contributed by atoms with Crippen molar-refractivity contribution in [1.29, 1.82) is 0 Å². The number of nitrogens with one attached hydrogen (secondary N) is 1. The van der Waals surface area contributed by atoms with Crippen LogP contribution in [0, 0.1) is 13.8 Å². The molecule has 2 nitrogen and oxygen atoms in total. The third-order valence-corrected chi connectivity index (χ3v) is 5.08. The highest BCUT2D eigenvalue weighted by molar-refractivity contribution is 7.85. The van der Waals surface area contributed by atoms with Crippen LogP contribution in [0.2, 0.25) is 0 Å². The van der Waals surface area contributed by atoms with Gasteiger partial charge in [0.15, 0.2) is 0 Å². The highest BCUT2D eigenvalue weighted by atomic mass is 32.2. The molecule has 0 aliphatic carbocycles. The Morgan fingerprint density at radius 1 is 1.33 bits per heavy atom. The lowest BCUT2D eigenvalue weighted by atomic mass is 9.97. The molecule has 1 aliphatic heterocycles. The van der Waals surface area contributed by atoms with E-state index in [1.165, 1.54) is 16.7 Å². The van der Waals surface area contributed by atoms with E-state index in [0.29, 0.717) is 12.1 Å². The maximum Gasteiger partial charge on any atom is 0.0535 e. The quantitative estimate of drug-likeness (QED) is 0.889. The van der Waals surface area contributed by atoms with Gasteiger partial charge in [-0.25, -0.2) is 0 Å². The van der Waals surface area contributed by atoms with Gasteiger partial charge in [0.1, 0.15) is 0 Å². The minimum absolute atomic E-state index is 0.352. The normalized spacial score (nSPS) is 23.8. The van der Waals surface area contributed by atoms with E-state index in [9.17, 15) is 4.21 Å². The molecule has 1 aliphatic rings. The predicted octanol–water partition coefficient (Wildman–Crippen LogP) is 3.24. The standard InChI is InChI=1S/C15H23NOS/c1-10(2)16-14-6-5-7-18(17)15-12(4)8-11(3)9-13(14)15/h8-10,14,16H,5-7H2,1-4H3. The SMILES string of the molecule is Cc1cc(C)c2c(c1)C(NC(C)C)CCCS2=O. The first-order valence-electron chi connectivity index (χ1n) is 6.74. The van der Waals surface area contributed by atoms with Gasteiger partial charge in [-0.15, -0.1) is 0 Å². The number of fused-ring (bicyclic) bond motifs is 1. The fourth-order valence-electron chi connectivity index (χ4n) is 2.81. The third kappa shape index (κ3) is 2.83. The number of benzene rings is 1. The molecule has 2 rings (SSSR count). The van der Waals surface area contributed by atoms with Crippen LogP contribution in [0.4, 0.5) is 0 Å². The monoisotopic (exact) mass is 265 g/mol. The summed E-state index contributed by atoms with van der Waals surface area (Å²) in [7, 11) is -0.828. The molecule has 0 saturated carbocycles. The van der Waals surface area contributed by atoms with Gasteiger partial charge in [0, 0.05) is 22.7 Å². The average molecular weight is 265 g/mol. The van der Waals surface area contributed by atoms with Crippen molar-refractivity contribution in [3.05, 3.63) is 28.8 Å². The molecule has 0 amide bonds. The minimum atomic E-state index is -0.828. The van der Waals surface area contributed by atoms with Crippen LogP contribution in [0.5, 0.6) is 0 Å². The van der Waals surface area contributed by atoms with Crippen LogP contribution in [-0.2, 0) is 10.8 Å². The van der Waals surface area contributed by atoms with E-state index in [-0.39, 0.29) is 0 Å². The molecule has 0 bridgehead atoms. The first-order valence-corrected chi connectivity index (χ1v) is 8.06. The molecule has 0 radical (unpaired) electrons. The van der Waals surface area contributed by atoms with Crippen molar-refractivity contribution in [2.24, 2.45) is 0 Å². The lowest BCUT2D eigenvalue weighted by Crippen LogP contribution is -2.28. The molecule has 0 aromatic heterocycles. The van der Waals surface area contributed by atoms with Gasteiger partial charge in [-0.3, -0.25) is 4.21 Å². The largest absolute Gasteiger partial charge is 0.308 e. The van der Waals surface area contributed by atoms with Crippen LogP contribution in [0.3, 0.4) is 0 Å². The van der Waals surface area contributed by atoms with Gasteiger partial charge in [0.05, 0.1) is 10.8 Å². The Bertz CT molecular complexity index is 468. The lowest BCUT2D eigenvalue weighted by molar-refractivity contribution is 0.447. The molecule has 1 N–H and O–H groups in total. The molecule has 3 heteroatoms. The zero-order valence-electron chi connectivity index (χ0n) is 11.7. The molecule has 0 saturated heterocycles. The van der Waals surface area contributed by atoms with E-state index in [4.69, 9.17) is 0 Å². The number of hydrogen-bond acceptors (Lipinski definition) is 2. The van der Waals surface area contributed by atoms with Gasteiger partial charge in [-0.05, 0) is 37.8 Å². The predicted molar refractivity (Wildman–Crippen MR) is 77.4 cm³/mol. The van der Waals surface area contributed by atoms with E-state index in [0.717, 1.165) is 23.5 Å². The van der Waals surface area contributed by atoms with Gasteiger partial charge in [-0.2, -0.15) is 0 Å².